The van der Waals surface area contributed by atoms with Crippen molar-refractivity contribution in [2.75, 3.05) is 0 Å². The maximum Gasteiger partial charge on any atom is 0.165 e. The van der Waals surface area contributed by atoms with Gasteiger partial charge in [0.1, 0.15) is 11.4 Å². The summed E-state index contributed by atoms with van der Waals surface area (Å²) in [6, 6.07) is 8.32. The highest BCUT2D eigenvalue weighted by molar-refractivity contribution is 6.00. The van der Waals surface area contributed by atoms with Crippen LogP contribution in [0.15, 0.2) is 37.0 Å². The summed E-state index contributed by atoms with van der Waals surface area (Å²) < 4.78 is 8.30. The van der Waals surface area contributed by atoms with Gasteiger partial charge in [0.15, 0.2) is 5.78 Å². The first-order chi connectivity index (χ1) is 12.6. The summed E-state index contributed by atoms with van der Waals surface area (Å²) in [5.74, 6) is 0.494. The summed E-state index contributed by atoms with van der Waals surface area (Å²) in [5.41, 5.74) is 4.38. The minimum Gasteiger partial charge on any atom is -0.487 e. The normalized spacial score (nSPS) is 11.6. The molecule has 0 bridgehead atoms. The molecule has 4 nitrogen and oxygen atoms in total. The number of Topliss-reactive ketones (excluding diaryl/α,β-unsaturated/α-hetero) is 1. The molecule has 0 aliphatic rings. The molecule has 0 amide bonds. The van der Waals surface area contributed by atoms with Gasteiger partial charge in [0.2, 0.25) is 0 Å². The number of aromatic nitrogens is 2. The molecule has 0 radical (unpaired) electrons. The number of hydrogen-bond acceptors (Lipinski definition) is 3. The second-order valence-corrected chi connectivity index (χ2v) is 7.84. The highest BCUT2D eigenvalue weighted by Gasteiger charge is 2.25. The molecule has 2 heterocycles. The number of ether oxygens (including phenoxy) is 1. The van der Waals surface area contributed by atoms with Gasteiger partial charge in [-0.3, -0.25) is 9.78 Å². The Balaban J connectivity index is 2.31. The fourth-order valence-corrected chi connectivity index (χ4v) is 3.36. The van der Waals surface area contributed by atoms with E-state index in [0.29, 0.717) is 17.0 Å². The third kappa shape index (κ3) is 3.52. The zero-order valence-corrected chi connectivity index (χ0v) is 16.9. The molecule has 0 unspecified atom stereocenters. The molecule has 140 valence electrons. The zero-order valence-electron chi connectivity index (χ0n) is 16.9. The van der Waals surface area contributed by atoms with E-state index >= 15 is 0 Å². The summed E-state index contributed by atoms with van der Waals surface area (Å²) in [6.45, 7) is 13.3. The summed E-state index contributed by atoms with van der Waals surface area (Å²) in [7, 11) is 2.02. The molecule has 2 aromatic heterocycles. The van der Waals surface area contributed by atoms with Crippen LogP contribution in [0.2, 0.25) is 0 Å². The van der Waals surface area contributed by atoms with Gasteiger partial charge in [0.05, 0.1) is 17.0 Å². The molecule has 0 aliphatic carbocycles. The number of nitrogens with zero attached hydrogens (tertiary/aromatic N) is 2. The van der Waals surface area contributed by atoms with Crippen LogP contribution in [0.25, 0.3) is 28.2 Å². The number of benzene rings is 1. The van der Waals surface area contributed by atoms with Crippen molar-refractivity contribution in [3.05, 3.63) is 53.9 Å². The quantitative estimate of drug-likeness (QED) is 0.570. The molecule has 3 rings (SSSR count). The number of fused-ring (bicyclic) bond motifs is 1. The van der Waals surface area contributed by atoms with Crippen LogP contribution in [0.1, 0.15) is 49.3 Å². The van der Waals surface area contributed by atoms with Crippen molar-refractivity contribution >= 4 is 22.8 Å². The largest absolute Gasteiger partial charge is 0.487 e. The lowest BCUT2D eigenvalue weighted by Gasteiger charge is -2.26. The van der Waals surface area contributed by atoms with E-state index < -0.39 is 5.60 Å². The highest BCUT2D eigenvalue weighted by atomic mass is 16.5. The topological polar surface area (TPSA) is 44.1 Å². The second-order valence-electron chi connectivity index (χ2n) is 7.84. The number of rotatable bonds is 4. The Kier molecular flexibility index (Phi) is 4.68. The van der Waals surface area contributed by atoms with E-state index in [1.54, 1.807) is 13.0 Å². The first-order valence-electron chi connectivity index (χ1n) is 9.05. The van der Waals surface area contributed by atoms with Crippen molar-refractivity contribution in [3.63, 3.8) is 0 Å². The lowest BCUT2D eigenvalue weighted by atomic mass is 9.97. The van der Waals surface area contributed by atoms with Gasteiger partial charge >= 0.3 is 0 Å². The van der Waals surface area contributed by atoms with Gasteiger partial charge in [0, 0.05) is 35.3 Å². The first kappa shape index (κ1) is 18.9. The van der Waals surface area contributed by atoms with Crippen LogP contribution in [-0.2, 0) is 7.05 Å². The van der Waals surface area contributed by atoms with Crippen LogP contribution < -0.4 is 4.74 Å². The SMILES string of the molecule is C=Cc1c(-c2ccc3c(ccn3C)c2)nc(C)c(C(C)=O)c1OC(C)(C)C. The van der Waals surface area contributed by atoms with Crippen molar-refractivity contribution in [1.82, 2.24) is 9.55 Å². The molecule has 0 aliphatic heterocycles. The molecular formula is C23H26N2O2. The van der Waals surface area contributed by atoms with Gasteiger partial charge in [-0.2, -0.15) is 0 Å². The van der Waals surface area contributed by atoms with Crippen LogP contribution in [-0.4, -0.2) is 20.9 Å². The van der Waals surface area contributed by atoms with Crippen LogP contribution in [0, 0.1) is 6.92 Å². The third-order valence-electron chi connectivity index (χ3n) is 4.49. The number of carbonyl (C=O) groups excluding carboxylic acids is 1. The van der Waals surface area contributed by atoms with Crippen molar-refractivity contribution in [3.8, 4) is 17.0 Å². The molecule has 0 saturated heterocycles. The molecule has 0 saturated carbocycles. The lowest BCUT2D eigenvalue weighted by molar-refractivity contribution is 0.0988. The van der Waals surface area contributed by atoms with E-state index in [1.165, 1.54) is 0 Å². The van der Waals surface area contributed by atoms with Crippen LogP contribution in [0.3, 0.4) is 0 Å². The van der Waals surface area contributed by atoms with Gasteiger partial charge in [-0.25, -0.2) is 0 Å². The molecule has 0 N–H and O–H groups in total. The van der Waals surface area contributed by atoms with Crippen molar-refractivity contribution in [2.24, 2.45) is 7.05 Å². The van der Waals surface area contributed by atoms with Gasteiger partial charge in [0.25, 0.3) is 0 Å². The van der Waals surface area contributed by atoms with E-state index in [-0.39, 0.29) is 5.78 Å². The van der Waals surface area contributed by atoms with Crippen molar-refractivity contribution in [2.45, 2.75) is 40.2 Å². The predicted molar refractivity (Wildman–Crippen MR) is 111 cm³/mol. The average Bonchev–Trinajstić information content (AvgIpc) is 2.93. The first-order valence-corrected chi connectivity index (χ1v) is 9.05. The lowest BCUT2D eigenvalue weighted by Crippen LogP contribution is -2.25. The number of pyridine rings is 1. The standard InChI is InChI=1S/C23H26N2O2/c1-8-18-21(17-9-10-19-16(13-17)11-12-25(19)7)24-14(2)20(15(3)26)22(18)27-23(4,5)6/h8-13H,1H2,2-7H3. The Labute approximate surface area is 160 Å². The Morgan fingerprint density at radius 2 is 1.96 bits per heavy atom. The van der Waals surface area contributed by atoms with Gasteiger partial charge in [-0.1, -0.05) is 18.7 Å². The smallest absolute Gasteiger partial charge is 0.165 e. The molecule has 3 aromatic rings. The molecule has 1 aromatic carbocycles. The van der Waals surface area contributed by atoms with Crippen LogP contribution >= 0.6 is 0 Å². The predicted octanol–water partition coefficient (Wildman–Crippen LogP) is 5.57. The third-order valence-corrected chi connectivity index (χ3v) is 4.49. The number of carbonyl (C=O) groups is 1. The van der Waals surface area contributed by atoms with Crippen LogP contribution in [0.4, 0.5) is 0 Å². The summed E-state index contributed by atoms with van der Waals surface area (Å²) in [4.78, 5) is 17.1. The Bertz CT molecular complexity index is 1050. The maximum atomic E-state index is 12.3. The fourth-order valence-electron chi connectivity index (χ4n) is 3.36. The fraction of sp³-hybridized carbons (Fsp3) is 0.304. The van der Waals surface area contributed by atoms with E-state index in [4.69, 9.17) is 9.72 Å². The Hall–Kier alpha value is -2.88. The van der Waals surface area contributed by atoms with Gasteiger partial charge in [-0.15, -0.1) is 0 Å². The monoisotopic (exact) mass is 362 g/mol. The zero-order chi connectivity index (χ0) is 19.9. The van der Waals surface area contributed by atoms with Gasteiger partial charge < -0.3 is 9.30 Å². The molecular weight excluding hydrogens is 336 g/mol. The molecule has 0 spiro atoms. The molecule has 0 fully saturated rings. The number of hydrogen-bond donors (Lipinski definition) is 0. The minimum absolute atomic E-state index is 0.0626. The van der Waals surface area contributed by atoms with Crippen LogP contribution in [0.5, 0.6) is 5.75 Å². The molecule has 27 heavy (non-hydrogen) atoms. The van der Waals surface area contributed by atoms with Gasteiger partial charge in [-0.05, 0) is 52.8 Å². The number of aryl methyl sites for hydroxylation is 2. The second kappa shape index (κ2) is 6.69. The Morgan fingerprint density at radius 1 is 1.26 bits per heavy atom. The number of ketones is 1. The summed E-state index contributed by atoms with van der Waals surface area (Å²) >= 11 is 0. The van der Waals surface area contributed by atoms with E-state index in [9.17, 15) is 4.79 Å². The highest BCUT2D eigenvalue weighted by Crippen LogP contribution is 2.37. The van der Waals surface area contributed by atoms with Crippen molar-refractivity contribution < 1.29 is 9.53 Å². The minimum atomic E-state index is -0.448. The van der Waals surface area contributed by atoms with E-state index in [0.717, 1.165) is 27.7 Å². The average molecular weight is 362 g/mol. The van der Waals surface area contributed by atoms with E-state index in [1.807, 2.05) is 47.0 Å². The molecule has 4 heteroatoms. The Morgan fingerprint density at radius 3 is 2.56 bits per heavy atom. The molecule has 0 atom stereocenters. The summed E-state index contributed by atoms with van der Waals surface area (Å²) in [6.07, 6.45) is 3.76. The van der Waals surface area contributed by atoms with E-state index in [2.05, 4.69) is 29.3 Å². The summed E-state index contributed by atoms with van der Waals surface area (Å²) in [5, 5.41) is 1.14. The van der Waals surface area contributed by atoms with Crippen molar-refractivity contribution in [1.29, 1.82) is 0 Å². The maximum absolute atomic E-state index is 12.3.